The molecule has 6 rings (SSSR count). The van der Waals surface area contributed by atoms with E-state index in [0.717, 1.165) is 29.5 Å². The second kappa shape index (κ2) is 8.04. The molecule has 2 spiro atoms. The molecule has 3 aromatic rings. The van der Waals surface area contributed by atoms with Crippen LogP contribution in [0, 0.1) is 41.9 Å². The van der Waals surface area contributed by atoms with Crippen LogP contribution in [-0.4, -0.2) is 18.4 Å². The quantitative estimate of drug-likeness (QED) is 0.481. The normalized spacial score (nSPS) is 23.9. The molecule has 1 saturated carbocycles. The number of hydrogen-bond donors (Lipinski definition) is 0. The lowest BCUT2D eigenvalue weighted by Gasteiger charge is -2.20. The topological polar surface area (TPSA) is 88.2 Å². The highest BCUT2D eigenvalue weighted by Gasteiger charge is 3.00. The summed E-state index contributed by atoms with van der Waals surface area (Å²) in [6.45, 7) is 6.67. The van der Waals surface area contributed by atoms with Crippen LogP contribution in [0.25, 0.3) is 0 Å². The Balaban J connectivity index is 1.66. The Morgan fingerprint density at radius 1 is 0.763 bits per heavy atom. The number of amides is 2. The molecule has 0 radical (unpaired) electrons. The van der Waals surface area contributed by atoms with Gasteiger partial charge in [-0.25, -0.2) is 0 Å². The second-order valence-electron chi connectivity index (χ2n) is 10.7. The molecule has 6 heteroatoms. The molecule has 3 aliphatic rings. The van der Waals surface area contributed by atoms with E-state index in [9.17, 15) is 20.1 Å². The van der Waals surface area contributed by atoms with E-state index in [2.05, 4.69) is 19.1 Å². The van der Waals surface area contributed by atoms with Gasteiger partial charge >= 0.3 is 0 Å². The van der Waals surface area contributed by atoms with Crippen molar-refractivity contribution >= 4 is 23.2 Å². The fraction of sp³-hybridized carbons (Fsp3) is 0.312. The molecule has 6 nitrogen and oxygen atoms in total. The lowest BCUT2D eigenvalue weighted by molar-refractivity contribution is -0.125. The van der Waals surface area contributed by atoms with Crippen molar-refractivity contribution in [1.82, 2.24) is 0 Å². The summed E-state index contributed by atoms with van der Waals surface area (Å²) in [4.78, 5) is 32.8. The predicted molar refractivity (Wildman–Crippen MR) is 144 cm³/mol. The summed E-state index contributed by atoms with van der Waals surface area (Å²) in [5.74, 6) is -0.680. The monoisotopic (exact) mass is 500 g/mol. The molecule has 0 unspecified atom stereocenters. The molecule has 2 atom stereocenters. The highest BCUT2D eigenvalue weighted by Crippen LogP contribution is 2.84. The molecule has 188 valence electrons. The van der Waals surface area contributed by atoms with Gasteiger partial charge in [0.2, 0.25) is 11.8 Å². The molecule has 1 fully saturated rings. The lowest BCUT2D eigenvalue weighted by atomic mass is 9.82. The smallest absolute Gasteiger partial charge is 0.242 e. The van der Waals surface area contributed by atoms with Crippen molar-refractivity contribution in [2.75, 3.05) is 16.3 Å². The van der Waals surface area contributed by atoms with Crippen molar-refractivity contribution in [3.63, 3.8) is 0 Å². The number of fused-ring (bicyclic) bond motifs is 5. The van der Waals surface area contributed by atoms with Gasteiger partial charge in [-0.15, -0.1) is 0 Å². The van der Waals surface area contributed by atoms with Gasteiger partial charge in [-0.3, -0.25) is 9.59 Å². The first-order valence-corrected chi connectivity index (χ1v) is 13.1. The molecule has 2 heterocycles. The average molecular weight is 501 g/mol. The van der Waals surface area contributed by atoms with Crippen LogP contribution < -0.4 is 9.80 Å². The van der Waals surface area contributed by atoms with Gasteiger partial charge in [0, 0.05) is 17.9 Å². The fourth-order valence-corrected chi connectivity index (χ4v) is 7.06. The van der Waals surface area contributed by atoms with Crippen molar-refractivity contribution in [3.8, 4) is 12.1 Å². The summed E-state index contributed by atoms with van der Waals surface area (Å²) in [6, 6.07) is 25.6. The van der Waals surface area contributed by atoms with Crippen molar-refractivity contribution in [3.05, 3.63) is 94.5 Å². The van der Waals surface area contributed by atoms with Gasteiger partial charge in [0.05, 0.1) is 18.7 Å². The maximum atomic E-state index is 14.8. The molecule has 0 saturated heterocycles. The number of rotatable bonds is 5. The van der Waals surface area contributed by atoms with E-state index in [0.29, 0.717) is 29.0 Å². The van der Waals surface area contributed by atoms with Crippen molar-refractivity contribution in [1.29, 1.82) is 10.5 Å². The van der Waals surface area contributed by atoms with Crippen LogP contribution in [-0.2, 0) is 27.0 Å². The average Bonchev–Trinajstić information content (AvgIpc) is 3.31. The van der Waals surface area contributed by atoms with E-state index in [4.69, 9.17) is 0 Å². The predicted octanol–water partition coefficient (Wildman–Crippen LogP) is 5.22. The zero-order valence-corrected chi connectivity index (χ0v) is 21.8. The molecule has 0 N–H and O–H groups in total. The molecule has 1 aliphatic carbocycles. The summed E-state index contributed by atoms with van der Waals surface area (Å²) in [7, 11) is 0. The highest BCUT2D eigenvalue weighted by atomic mass is 16.2. The van der Waals surface area contributed by atoms with Crippen molar-refractivity contribution in [2.45, 2.75) is 51.0 Å². The van der Waals surface area contributed by atoms with E-state index >= 15 is 0 Å². The Labute approximate surface area is 222 Å². The molecular formula is C32H28N4O2. The van der Waals surface area contributed by atoms with Crippen LogP contribution in [0.1, 0.15) is 47.6 Å². The summed E-state index contributed by atoms with van der Waals surface area (Å²) in [5, 5.41) is 21.5. The number of benzene rings is 3. The zero-order chi connectivity index (χ0) is 26.9. The van der Waals surface area contributed by atoms with E-state index in [-0.39, 0.29) is 18.4 Å². The van der Waals surface area contributed by atoms with Gasteiger partial charge in [-0.1, -0.05) is 79.1 Å². The Bertz CT molecular complexity index is 1580. The SMILES string of the molecule is CCCCN1C(=O)[C@]2(c3cc(C)ccc31)C(C#N)(C#N)[C@@]21C(=O)N(Cc2ccccc2)c2ccc(C)cc21. The van der Waals surface area contributed by atoms with Crippen LogP contribution >= 0.6 is 0 Å². The van der Waals surface area contributed by atoms with Crippen LogP contribution in [0.2, 0.25) is 0 Å². The van der Waals surface area contributed by atoms with E-state index in [1.165, 1.54) is 0 Å². The summed E-state index contributed by atoms with van der Waals surface area (Å²) < 4.78 is 0. The van der Waals surface area contributed by atoms with Gasteiger partial charge in [0.15, 0.2) is 5.41 Å². The van der Waals surface area contributed by atoms with E-state index in [1.807, 2.05) is 80.6 Å². The van der Waals surface area contributed by atoms with Crippen LogP contribution in [0.4, 0.5) is 11.4 Å². The van der Waals surface area contributed by atoms with Gasteiger partial charge in [0.25, 0.3) is 0 Å². The van der Waals surface area contributed by atoms with Gasteiger partial charge in [-0.05, 0) is 49.1 Å². The third-order valence-corrected chi connectivity index (χ3v) is 8.70. The number of nitrogens with zero attached hydrogens (tertiary/aromatic N) is 4. The third-order valence-electron chi connectivity index (χ3n) is 8.70. The Morgan fingerprint density at radius 2 is 1.29 bits per heavy atom. The maximum Gasteiger partial charge on any atom is 0.242 e. The first-order chi connectivity index (χ1) is 18.3. The van der Waals surface area contributed by atoms with Gasteiger partial charge < -0.3 is 9.80 Å². The fourth-order valence-electron chi connectivity index (χ4n) is 7.06. The number of carbonyl (C=O) groups excluding carboxylic acids is 2. The van der Waals surface area contributed by atoms with Gasteiger partial charge in [0.1, 0.15) is 10.8 Å². The second-order valence-corrected chi connectivity index (χ2v) is 10.7. The van der Waals surface area contributed by atoms with Crippen LogP contribution in [0.5, 0.6) is 0 Å². The lowest BCUT2D eigenvalue weighted by Crippen LogP contribution is -2.41. The number of nitriles is 2. The van der Waals surface area contributed by atoms with Crippen molar-refractivity contribution < 1.29 is 9.59 Å². The van der Waals surface area contributed by atoms with E-state index in [1.54, 1.807) is 9.80 Å². The minimum absolute atomic E-state index is 0.287. The Kier molecular flexibility index (Phi) is 5.07. The largest absolute Gasteiger partial charge is 0.311 e. The molecule has 2 aliphatic heterocycles. The molecular weight excluding hydrogens is 472 g/mol. The molecule has 38 heavy (non-hydrogen) atoms. The molecule has 3 aromatic carbocycles. The Morgan fingerprint density at radius 3 is 1.82 bits per heavy atom. The summed E-state index contributed by atoms with van der Waals surface area (Å²) in [6.07, 6.45) is 1.66. The van der Waals surface area contributed by atoms with Crippen molar-refractivity contribution in [2.24, 2.45) is 5.41 Å². The first kappa shape index (κ1) is 23.9. The Hall–Kier alpha value is -4.42. The molecule has 0 bridgehead atoms. The minimum Gasteiger partial charge on any atom is -0.311 e. The number of hydrogen-bond acceptors (Lipinski definition) is 4. The number of unbranched alkanes of at least 4 members (excludes halogenated alkanes) is 1. The zero-order valence-electron chi connectivity index (χ0n) is 21.8. The number of carbonyl (C=O) groups is 2. The summed E-state index contributed by atoms with van der Waals surface area (Å²) >= 11 is 0. The number of anilines is 2. The standard InChI is InChI=1S/C32H28N4O2/c1-4-5-15-35-26-13-11-21(2)16-24(26)31(28(35)37)30(19-33,20-34)32(31)25-17-22(3)12-14-27(25)36(29(32)38)18-23-9-7-6-8-10-23/h6-14,16-17H,4-5,15,18H2,1-3H3/t31-,32-/m1/s1. The van der Waals surface area contributed by atoms with Crippen LogP contribution in [0.3, 0.4) is 0 Å². The first-order valence-electron chi connectivity index (χ1n) is 13.1. The summed E-state index contributed by atoms with van der Waals surface area (Å²) in [5.41, 5.74) is 0.212. The molecule has 2 amide bonds. The molecule has 0 aromatic heterocycles. The third kappa shape index (κ3) is 2.50. The van der Waals surface area contributed by atoms with E-state index < -0.39 is 16.2 Å². The van der Waals surface area contributed by atoms with Crippen LogP contribution in [0.15, 0.2) is 66.7 Å². The number of aryl methyl sites for hydroxylation is 2. The highest BCUT2D eigenvalue weighted by molar-refractivity contribution is 6.26. The maximum absolute atomic E-state index is 14.8. The minimum atomic E-state index is -1.87. The van der Waals surface area contributed by atoms with Gasteiger partial charge in [-0.2, -0.15) is 10.5 Å².